The molecule has 2 atom stereocenters. The third kappa shape index (κ3) is 6.33. The van der Waals surface area contributed by atoms with E-state index in [4.69, 9.17) is 0 Å². The zero-order valence-electron chi connectivity index (χ0n) is 23.1. The van der Waals surface area contributed by atoms with Crippen LogP contribution in [0.1, 0.15) is 58.2 Å². The van der Waals surface area contributed by atoms with Crippen LogP contribution in [-0.4, -0.2) is 55.9 Å². The lowest BCUT2D eigenvalue weighted by molar-refractivity contribution is -0.117. The molecule has 0 fully saturated rings. The maximum absolute atomic E-state index is 12.5. The number of pyridine rings is 1. The molecule has 0 saturated carbocycles. The van der Waals surface area contributed by atoms with Crippen LogP contribution >= 0.6 is 0 Å². The molecule has 3 heterocycles. The minimum atomic E-state index is -0.923. The summed E-state index contributed by atoms with van der Waals surface area (Å²) in [6.07, 6.45) is 5.41. The van der Waals surface area contributed by atoms with E-state index in [1.807, 2.05) is 69.3 Å². The number of benzene rings is 1. The maximum Gasteiger partial charge on any atom is 0.407 e. The zero-order chi connectivity index (χ0) is 27.6. The maximum atomic E-state index is 12.5. The number of hydrogen-bond donors (Lipinski definition) is 2. The van der Waals surface area contributed by atoms with Crippen LogP contribution in [0, 0.1) is 12.3 Å². The predicted molar refractivity (Wildman–Crippen MR) is 149 cm³/mol. The van der Waals surface area contributed by atoms with Gasteiger partial charge in [-0.2, -0.15) is 5.10 Å². The van der Waals surface area contributed by atoms with Crippen molar-refractivity contribution in [1.29, 1.82) is 0 Å². The van der Waals surface area contributed by atoms with E-state index in [0.717, 1.165) is 40.2 Å². The highest BCUT2D eigenvalue weighted by Gasteiger charge is 2.33. The second-order valence-electron chi connectivity index (χ2n) is 11.4. The topological polar surface area (TPSA) is 104 Å². The van der Waals surface area contributed by atoms with Gasteiger partial charge in [0.25, 0.3) is 0 Å². The Morgan fingerprint density at radius 2 is 1.92 bits per heavy atom. The number of aromatic nitrogens is 3. The Morgan fingerprint density at radius 1 is 1.16 bits per heavy atom. The molecule has 202 valence electrons. The van der Waals surface area contributed by atoms with Gasteiger partial charge in [0.15, 0.2) is 0 Å². The molecule has 2 N–H and O–H groups in total. The first-order chi connectivity index (χ1) is 17.9. The quantitative estimate of drug-likeness (QED) is 0.423. The molecule has 1 aromatic carbocycles. The van der Waals surface area contributed by atoms with Crippen LogP contribution in [0.15, 0.2) is 48.9 Å². The predicted octanol–water partition coefficient (Wildman–Crippen LogP) is 5.58. The molecular formula is C29H38N6O3. The molecule has 38 heavy (non-hydrogen) atoms. The molecule has 9 heteroatoms. The Balaban J connectivity index is 1.59. The third-order valence-corrected chi connectivity index (χ3v) is 6.75. The lowest BCUT2D eigenvalue weighted by Gasteiger charge is -2.39. The molecule has 0 spiro atoms. The molecule has 9 nitrogen and oxygen atoms in total. The summed E-state index contributed by atoms with van der Waals surface area (Å²) in [4.78, 5) is 32.0. The summed E-state index contributed by atoms with van der Waals surface area (Å²) < 4.78 is 1.78. The number of carboxylic acid groups (broad SMARTS) is 1. The van der Waals surface area contributed by atoms with Crippen molar-refractivity contribution in [3.63, 3.8) is 0 Å². The summed E-state index contributed by atoms with van der Waals surface area (Å²) in [7, 11) is 0. The second kappa shape index (κ2) is 10.8. The first-order valence-corrected chi connectivity index (χ1v) is 13.0. The van der Waals surface area contributed by atoms with Crippen molar-refractivity contribution < 1.29 is 14.7 Å². The average Bonchev–Trinajstić information content (AvgIpc) is 3.31. The Hall–Kier alpha value is -3.88. The number of nitrogens with one attached hydrogen (secondary N) is 1. The minimum absolute atomic E-state index is 0.0117. The van der Waals surface area contributed by atoms with E-state index in [1.165, 1.54) is 4.90 Å². The van der Waals surface area contributed by atoms with Gasteiger partial charge in [-0.05, 0) is 60.6 Å². The van der Waals surface area contributed by atoms with Gasteiger partial charge in [0.05, 0.1) is 18.8 Å². The van der Waals surface area contributed by atoms with Crippen molar-refractivity contribution >= 4 is 23.5 Å². The summed E-state index contributed by atoms with van der Waals surface area (Å²) in [6, 6.07) is 10.2. The van der Waals surface area contributed by atoms with Gasteiger partial charge in [0.2, 0.25) is 5.91 Å². The monoisotopic (exact) mass is 518 g/mol. The molecule has 2 aromatic heterocycles. The first kappa shape index (κ1) is 27.2. The summed E-state index contributed by atoms with van der Waals surface area (Å²) in [5.41, 5.74) is 4.83. The van der Waals surface area contributed by atoms with E-state index in [1.54, 1.807) is 17.8 Å². The molecule has 0 bridgehead atoms. The first-order valence-electron chi connectivity index (χ1n) is 13.0. The second-order valence-corrected chi connectivity index (χ2v) is 11.4. The number of fused-ring (bicyclic) bond motifs is 1. The van der Waals surface area contributed by atoms with Gasteiger partial charge in [0.1, 0.15) is 5.82 Å². The smallest absolute Gasteiger partial charge is 0.407 e. The van der Waals surface area contributed by atoms with E-state index in [0.29, 0.717) is 19.6 Å². The van der Waals surface area contributed by atoms with E-state index < -0.39 is 6.09 Å². The van der Waals surface area contributed by atoms with Gasteiger partial charge in [-0.1, -0.05) is 32.9 Å². The molecule has 1 aliphatic heterocycles. The lowest BCUT2D eigenvalue weighted by Crippen LogP contribution is -2.43. The zero-order valence-corrected chi connectivity index (χ0v) is 23.1. The highest BCUT2D eigenvalue weighted by atomic mass is 16.4. The number of aryl methyl sites for hydroxylation is 1. The van der Waals surface area contributed by atoms with Gasteiger partial charge in [-0.3, -0.25) is 9.48 Å². The molecule has 0 radical (unpaired) electrons. The molecular weight excluding hydrogens is 480 g/mol. The van der Waals surface area contributed by atoms with E-state index in [2.05, 4.69) is 28.4 Å². The van der Waals surface area contributed by atoms with Crippen molar-refractivity contribution in [3.05, 3.63) is 60.0 Å². The number of nitrogens with zero attached hydrogens (tertiary/aromatic N) is 5. The summed E-state index contributed by atoms with van der Waals surface area (Å²) in [5, 5.41) is 17.6. The number of anilines is 2. The van der Waals surface area contributed by atoms with Gasteiger partial charge in [-0.25, -0.2) is 9.78 Å². The van der Waals surface area contributed by atoms with Crippen molar-refractivity contribution in [2.24, 2.45) is 5.41 Å². The Bertz CT molecular complexity index is 1290. The van der Waals surface area contributed by atoms with Gasteiger partial charge < -0.3 is 20.2 Å². The highest BCUT2D eigenvalue weighted by molar-refractivity contribution is 5.94. The molecule has 3 aromatic rings. The van der Waals surface area contributed by atoms with Crippen molar-refractivity contribution in [2.75, 3.05) is 23.3 Å². The summed E-state index contributed by atoms with van der Waals surface area (Å²) in [5.74, 6) is 0.816. The SMILES string of the molecule is CC(=O)N1c2ccc(-c3cnn(CCN(CC(C)(C)C)C(=O)O)c3)cc2[C@H](Nc2ccc(C)cn2)C[C@@H]1C. The Kier molecular flexibility index (Phi) is 7.76. The summed E-state index contributed by atoms with van der Waals surface area (Å²) in [6.45, 7) is 13.0. The van der Waals surface area contributed by atoms with Crippen LogP contribution in [-0.2, 0) is 11.3 Å². The minimum Gasteiger partial charge on any atom is -0.465 e. The number of amides is 2. The van der Waals surface area contributed by atoms with Crippen LogP contribution < -0.4 is 10.2 Å². The van der Waals surface area contributed by atoms with Crippen LogP contribution in [0.5, 0.6) is 0 Å². The highest BCUT2D eigenvalue weighted by Crippen LogP contribution is 2.41. The Morgan fingerprint density at radius 3 is 2.55 bits per heavy atom. The van der Waals surface area contributed by atoms with Crippen LogP contribution in [0.4, 0.5) is 16.3 Å². The fraction of sp³-hybridized carbons (Fsp3) is 0.448. The normalized spacial score (nSPS) is 17.2. The number of hydrogen-bond acceptors (Lipinski definition) is 5. The largest absolute Gasteiger partial charge is 0.465 e. The van der Waals surface area contributed by atoms with E-state index in [-0.39, 0.29) is 23.4 Å². The van der Waals surface area contributed by atoms with Crippen molar-refractivity contribution in [1.82, 2.24) is 19.7 Å². The molecule has 0 aliphatic carbocycles. The summed E-state index contributed by atoms with van der Waals surface area (Å²) >= 11 is 0. The Labute approximate surface area is 224 Å². The number of carbonyl (C=O) groups is 2. The van der Waals surface area contributed by atoms with Gasteiger partial charge >= 0.3 is 6.09 Å². The molecule has 4 rings (SSSR count). The average molecular weight is 519 g/mol. The molecule has 0 saturated heterocycles. The van der Waals surface area contributed by atoms with Crippen LogP contribution in [0.2, 0.25) is 0 Å². The fourth-order valence-corrected chi connectivity index (χ4v) is 5.06. The number of carbonyl (C=O) groups excluding carboxylic acids is 1. The van der Waals surface area contributed by atoms with Gasteiger partial charge in [-0.15, -0.1) is 0 Å². The standard InChI is InChI=1S/C29H38N6O3/c1-19-7-10-27(30-15-19)32-25-13-20(2)35(21(3)36)26-9-8-22(14-24(25)26)23-16-31-34(17-23)12-11-33(28(37)38)18-29(4,5)6/h7-10,14-17,20,25H,11-13,18H2,1-6H3,(H,30,32)(H,37,38)/t20-,25+/m0/s1. The van der Waals surface area contributed by atoms with Crippen molar-refractivity contribution in [3.8, 4) is 11.1 Å². The molecule has 0 unspecified atom stereocenters. The van der Waals surface area contributed by atoms with E-state index in [9.17, 15) is 14.7 Å². The lowest BCUT2D eigenvalue weighted by atomic mass is 9.89. The van der Waals surface area contributed by atoms with Crippen LogP contribution in [0.25, 0.3) is 11.1 Å². The third-order valence-electron chi connectivity index (χ3n) is 6.75. The van der Waals surface area contributed by atoms with Gasteiger partial charge in [0, 0.05) is 49.7 Å². The molecule has 2 amide bonds. The van der Waals surface area contributed by atoms with Crippen molar-refractivity contribution in [2.45, 2.75) is 66.6 Å². The van der Waals surface area contributed by atoms with Crippen LogP contribution in [0.3, 0.4) is 0 Å². The fourth-order valence-electron chi connectivity index (χ4n) is 5.06. The van der Waals surface area contributed by atoms with E-state index >= 15 is 0 Å². The molecule has 1 aliphatic rings. The number of rotatable bonds is 7.